The number of terminal acetylenes is 1. The lowest BCUT2D eigenvalue weighted by Gasteiger charge is -2.28. The van der Waals surface area contributed by atoms with Gasteiger partial charge in [0.25, 0.3) is 0 Å². The lowest BCUT2D eigenvalue weighted by atomic mass is 10.0. The van der Waals surface area contributed by atoms with Crippen molar-refractivity contribution in [1.82, 2.24) is 19.5 Å². The number of aliphatic hydroxyl groups excluding tert-OH is 2. The van der Waals surface area contributed by atoms with Crippen molar-refractivity contribution in [3.05, 3.63) is 12.7 Å². The molecular weight excluding hydrogens is 515 g/mol. The number of hydrogen-bond donors (Lipinski definition) is 7. The summed E-state index contributed by atoms with van der Waals surface area (Å²) in [7, 11) is -16.8. The zero-order valence-electron chi connectivity index (χ0n) is 15.9. The molecule has 0 saturated carbocycles. The third-order valence-corrected chi connectivity index (χ3v) is 7.98. The van der Waals surface area contributed by atoms with Gasteiger partial charge in [0.05, 0.1) is 6.61 Å². The molecular formula is C12H16N5O13P3. The van der Waals surface area contributed by atoms with E-state index in [0.717, 1.165) is 17.2 Å². The van der Waals surface area contributed by atoms with Crippen LogP contribution in [0.2, 0.25) is 0 Å². The van der Waals surface area contributed by atoms with Gasteiger partial charge in [0.1, 0.15) is 36.5 Å². The molecule has 3 heterocycles. The molecule has 0 aromatic carbocycles. The summed E-state index contributed by atoms with van der Waals surface area (Å²) in [6.45, 7) is -1.06. The first kappa shape index (κ1) is 25.8. The van der Waals surface area contributed by atoms with Crippen LogP contribution in [-0.4, -0.2) is 74.2 Å². The van der Waals surface area contributed by atoms with Crippen LogP contribution in [0.5, 0.6) is 0 Å². The Labute approximate surface area is 183 Å². The molecule has 2 unspecified atom stereocenters. The molecule has 1 aliphatic heterocycles. The quantitative estimate of drug-likeness (QED) is 0.145. The number of rotatable bonds is 8. The maximum absolute atomic E-state index is 11.9. The summed E-state index contributed by atoms with van der Waals surface area (Å²) in [6.07, 6.45) is 2.36. The van der Waals surface area contributed by atoms with E-state index < -0.39 is 54.1 Å². The monoisotopic (exact) mass is 531 g/mol. The predicted octanol–water partition coefficient (Wildman–Crippen LogP) is -1.84. The SMILES string of the molecule is C#C[C@@]1(n2cnc3c(N)ncnc32)O[C@H](COP(=O)(O)OP(=O)(O)OP(=O)(O)O)[C@@H](O)[C@H]1O. The number of aliphatic hydroxyl groups is 2. The van der Waals surface area contributed by atoms with Crippen molar-refractivity contribution in [2.75, 3.05) is 12.3 Å². The molecule has 6 atom stereocenters. The van der Waals surface area contributed by atoms with Gasteiger partial charge < -0.3 is 40.3 Å². The summed E-state index contributed by atoms with van der Waals surface area (Å²) in [4.78, 5) is 47.4. The van der Waals surface area contributed by atoms with Crippen LogP contribution in [0.1, 0.15) is 0 Å². The van der Waals surface area contributed by atoms with Gasteiger partial charge in [-0.05, 0) is 5.92 Å². The van der Waals surface area contributed by atoms with Crippen LogP contribution in [-0.2, 0) is 37.3 Å². The smallest absolute Gasteiger partial charge is 0.387 e. The Hall–Kier alpha value is -1.80. The second kappa shape index (κ2) is 8.77. The summed E-state index contributed by atoms with van der Waals surface area (Å²) in [5.74, 6) is 2.12. The van der Waals surface area contributed by atoms with E-state index in [9.17, 15) is 28.8 Å². The van der Waals surface area contributed by atoms with Crippen molar-refractivity contribution in [3.63, 3.8) is 0 Å². The number of fused-ring (bicyclic) bond motifs is 1. The lowest BCUT2D eigenvalue weighted by molar-refractivity contribution is -0.102. The minimum atomic E-state index is -5.75. The molecule has 3 rings (SSSR count). The minimum absolute atomic E-state index is 0.0141. The first-order valence-corrected chi connectivity index (χ1v) is 12.9. The van der Waals surface area contributed by atoms with Crippen LogP contribution in [0.4, 0.5) is 5.82 Å². The van der Waals surface area contributed by atoms with Crippen molar-refractivity contribution in [1.29, 1.82) is 0 Å². The zero-order chi connectivity index (χ0) is 24.8. The largest absolute Gasteiger partial charge is 0.490 e. The first-order valence-electron chi connectivity index (χ1n) is 8.35. The second-order valence-corrected chi connectivity index (χ2v) is 10.8. The van der Waals surface area contributed by atoms with Crippen LogP contribution >= 0.6 is 23.5 Å². The van der Waals surface area contributed by atoms with Gasteiger partial charge in [-0.3, -0.25) is 9.09 Å². The Kier molecular flexibility index (Phi) is 6.86. The third kappa shape index (κ3) is 5.32. The molecule has 0 aliphatic carbocycles. The van der Waals surface area contributed by atoms with Gasteiger partial charge in [-0.25, -0.2) is 28.6 Å². The maximum atomic E-state index is 11.9. The predicted molar refractivity (Wildman–Crippen MR) is 103 cm³/mol. The number of hydrogen-bond acceptors (Lipinski definition) is 13. The highest BCUT2D eigenvalue weighted by molar-refractivity contribution is 7.66. The third-order valence-electron chi connectivity index (χ3n) is 4.18. The Morgan fingerprint density at radius 2 is 1.82 bits per heavy atom. The molecule has 2 aromatic heterocycles. The fraction of sp³-hybridized carbons (Fsp3) is 0.417. The fourth-order valence-corrected chi connectivity index (χ4v) is 5.92. The zero-order valence-corrected chi connectivity index (χ0v) is 18.6. The molecule has 2 aromatic rings. The van der Waals surface area contributed by atoms with Crippen molar-refractivity contribution >= 4 is 40.4 Å². The van der Waals surface area contributed by atoms with E-state index in [0.29, 0.717) is 0 Å². The Morgan fingerprint density at radius 3 is 2.42 bits per heavy atom. The van der Waals surface area contributed by atoms with Crippen molar-refractivity contribution in [2.24, 2.45) is 0 Å². The van der Waals surface area contributed by atoms with Crippen molar-refractivity contribution < 1.29 is 61.4 Å². The topological polar surface area (TPSA) is 279 Å². The molecule has 8 N–H and O–H groups in total. The average molecular weight is 531 g/mol. The Morgan fingerprint density at radius 1 is 1.15 bits per heavy atom. The number of ether oxygens (including phenoxy) is 1. The van der Waals surface area contributed by atoms with E-state index in [1.165, 1.54) is 0 Å². The molecule has 1 aliphatic rings. The molecule has 33 heavy (non-hydrogen) atoms. The van der Waals surface area contributed by atoms with Crippen LogP contribution in [0.15, 0.2) is 12.7 Å². The van der Waals surface area contributed by atoms with Gasteiger partial charge in [-0.1, -0.05) is 0 Å². The number of anilines is 1. The Bertz CT molecular complexity index is 1240. The molecule has 0 bridgehead atoms. The standard InChI is InChI=1S/C12H16N5O13P3/c1-2-12(17-5-16-7-10(13)14-4-15-11(7)17)9(19)8(18)6(28-12)3-27-32(23,24)30-33(25,26)29-31(20,21)22/h1,4-6,8-9,18-19H,3H2,(H,23,24)(H,25,26)(H2,13,14,15)(H2,20,21,22)/t6-,8-,9-,12-/m1/s1. The number of aromatic nitrogens is 4. The first-order chi connectivity index (χ1) is 15.1. The van der Waals surface area contributed by atoms with E-state index in [2.05, 4.69) is 34.0 Å². The van der Waals surface area contributed by atoms with E-state index in [-0.39, 0.29) is 17.0 Å². The highest BCUT2D eigenvalue weighted by Gasteiger charge is 2.56. The molecule has 21 heteroatoms. The number of imidazole rings is 1. The van der Waals surface area contributed by atoms with Gasteiger partial charge in [-0.2, -0.15) is 8.62 Å². The highest BCUT2D eigenvalue weighted by Crippen LogP contribution is 2.66. The van der Waals surface area contributed by atoms with Crippen molar-refractivity contribution in [3.8, 4) is 12.3 Å². The van der Waals surface area contributed by atoms with Crippen LogP contribution in [0, 0.1) is 12.3 Å². The summed E-state index contributed by atoms with van der Waals surface area (Å²) < 4.78 is 52.1. The normalized spacial score (nSPS) is 29.4. The molecule has 1 fully saturated rings. The molecule has 0 amide bonds. The summed E-state index contributed by atoms with van der Waals surface area (Å²) in [5.41, 5.74) is 3.65. The van der Waals surface area contributed by atoms with Crippen molar-refractivity contribution in [2.45, 2.75) is 24.0 Å². The van der Waals surface area contributed by atoms with Crippen LogP contribution in [0.25, 0.3) is 11.2 Å². The Balaban J connectivity index is 1.80. The van der Waals surface area contributed by atoms with Gasteiger partial charge in [0.2, 0.25) is 5.72 Å². The number of phosphoric ester groups is 1. The van der Waals surface area contributed by atoms with E-state index in [1.54, 1.807) is 0 Å². The average Bonchev–Trinajstić information content (AvgIpc) is 3.20. The van der Waals surface area contributed by atoms with E-state index >= 15 is 0 Å². The van der Waals surface area contributed by atoms with Gasteiger partial charge in [0, 0.05) is 0 Å². The summed E-state index contributed by atoms with van der Waals surface area (Å²) >= 11 is 0. The lowest BCUT2D eigenvalue weighted by Crippen LogP contribution is -2.44. The van der Waals surface area contributed by atoms with E-state index in [1.807, 2.05) is 0 Å². The molecule has 0 radical (unpaired) electrons. The van der Waals surface area contributed by atoms with Gasteiger partial charge in [0.15, 0.2) is 11.5 Å². The van der Waals surface area contributed by atoms with Crippen LogP contribution in [0.3, 0.4) is 0 Å². The van der Waals surface area contributed by atoms with E-state index in [4.69, 9.17) is 31.6 Å². The fourth-order valence-electron chi connectivity index (χ4n) is 2.89. The second-order valence-electron chi connectivity index (χ2n) is 6.36. The molecule has 1 saturated heterocycles. The van der Waals surface area contributed by atoms with Crippen LogP contribution < -0.4 is 5.73 Å². The summed E-state index contributed by atoms with van der Waals surface area (Å²) in [6, 6.07) is 0. The number of nitrogens with two attached hydrogens (primary N) is 1. The molecule has 0 spiro atoms. The number of nitrogen functional groups attached to an aromatic ring is 1. The number of phosphoric acid groups is 3. The maximum Gasteiger partial charge on any atom is 0.490 e. The summed E-state index contributed by atoms with van der Waals surface area (Å²) in [5, 5.41) is 20.9. The highest BCUT2D eigenvalue weighted by atomic mass is 31.3. The number of nitrogens with zero attached hydrogens (tertiary/aromatic N) is 4. The molecule has 18 nitrogen and oxygen atoms in total. The van der Waals surface area contributed by atoms with Gasteiger partial charge in [-0.15, -0.1) is 6.42 Å². The molecule has 182 valence electrons. The minimum Gasteiger partial charge on any atom is -0.387 e. The van der Waals surface area contributed by atoms with Gasteiger partial charge >= 0.3 is 23.5 Å².